The SMILES string of the molecule is CCCn1c(=O)c2[nH]c(-c3cnn(Cc4cccc(-c5nnn[nH]5)c4)c3)nc2n(CCC)c1=O. The first-order chi connectivity index (χ1) is 16.6. The lowest BCUT2D eigenvalue weighted by molar-refractivity contribution is 0.555. The minimum atomic E-state index is -0.348. The van der Waals surface area contributed by atoms with Gasteiger partial charge in [-0.1, -0.05) is 32.0 Å². The van der Waals surface area contributed by atoms with Crippen molar-refractivity contribution in [3.63, 3.8) is 0 Å². The molecule has 12 nitrogen and oxygen atoms in total. The molecule has 4 aromatic heterocycles. The molecule has 34 heavy (non-hydrogen) atoms. The molecule has 5 rings (SSSR count). The van der Waals surface area contributed by atoms with Gasteiger partial charge in [-0.05, 0) is 34.9 Å². The molecule has 0 bridgehead atoms. The molecule has 2 N–H and O–H groups in total. The van der Waals surface area contributed by atoms with Gasteiger partial charge in [0.25, 0.3) is 5.56 Å². The monoisotopic (exact) mass is 460 g/mol. The largest absolute Gasteiger partial charge is 0.332 e. The summed E-state index contributed by atoms with van der Waals surface area (Å²) < 4.78 is 4.63. The molecule has 12 heteroatoms. The van der Waals surface area contributed by atoms with Crippen LogP contribution in [0.3, 0.4) is 0 Å². The Labute approximate surface area is 193 Å². The van der Waals surface area contributed by atoms with E-state index in [9.17, 15) is 9.59 Å². The number of aromatic amines is 2. The number of fused-ring (bicyclic) bond motifs is 1. The van der Waals surface area contributed by atoms with Crippen LogP contribution >= 0.6 is 0 Å². The molecule has 5 aromatic rings. The number of aryl methyl sites for hydroxylation is 1. The first kappa shape index (κ1) is 21.5. The molecular formula is C22H24N10O2. The summed E-state index contributed by atoms with van der Waals surface area (Å²) in [6.07, 6.45) is 4.99. The van der Waals surface area contributed by atoms with Gasteiger partial charge in [-0.2, -0.15) is 5.10 Å². The Morgan fingerprint density at radius 1 is 1.00 bits per heavy atom. The van der Waals surface area contributed by atoms with E-state index in [-0.39, 0.29) is 11.2 Å². The maximum Gasteiger partial charge on any atom is 0.332 e. The number of aromatic nitrogens is 10. The number of tetrazole rings is 1. The first-order valence-corrected chi connectivity index (χ1v) is 11.2. The number of H-pyrrole nitrogens is 2. The van der Waals surface area contributed by atoms with Crippen molar-refractivity contribution in [2.24, 2.45) is 0 Å². The number of benzene rings is 1. The number of hydrogen-bond acceptors (Lipinski definition) is 7. The zero-order valence-electron chi connectivity index (χ0n) is 18.9. The Morgan fingerprint density at radius 3 is 2.59 bits per heavy atom. The average molecular weight is 461 g/mol. The molecule has 0 spiro atoms. The van der Waals surface area contributed by atoms with Crippen molar-refractivity contribution in [1.82, 2.24) is 49.5 Å². The zero-order chi connectivity index (χ0) is 23.7. The third-order valence-corrected chi connectivity index (χ3v) is 5.55. The van der Waals surface area contributed by atoms with E-state index < -0.39 is 0 Å². The van der Waals surface area contributed by atoms with E-state index in [0.29, 0.717) is 48.9 Å². The van der Waals surface area contributed by atoms with Gasteiger partial charge in [0.05, 0.1) is 18.3 Å². The molecule has 4 heterocycles. The van der Waals surface area contributed by atoms with Gasteiger partial charge in [0.1, 0.15) is 11.3 Å². The molecule has 0 amide bonds. The highest BCUT2D eigenvalue weighted by atomic mass is 16.2. The van der Waals surface area contributed by atoms with Crippen LogP contribution in [0.25, 0.3) is 33.9 Å². The molecule has 0 aliphatic heterocycles. The van der Waals surface area contributed by atoms with Crippen LogP contribution in [0.4, 0.5) is 0 Å². The molecule has 0 aliphatic carbocycles. The molecule has 0 unspecified atom stereocenters. The summed E-state index contributed by atoms with van der Waals surface area (Å²) in [7, 11) is 0. The summed E-state index contributed by atoms with van der Waals surface area (Å²) in [5.41, 5.74) is 2.66. The summed E-state index contributed by atoms with van der Waals surface area (Å²) in [4.78, 5) is 33.6. The predicted octanol–water partition coefficient (Wildman–Crippen LogP) is 1.80. The van der Waals surface area contributed by atoms with Crippen LogP contribution in [-0.2, 0) is 19.6 Å². The second-order valence-electron chi connectivity index (χ2n) is 8.05. The van der Waals surface area contributed by atoms with Crippen LogP contribution in [0.2, 0.25) is 0 Å². The standard InChI is InChI=1S/C22H24N10O2/c1-3-8-31-20-17(21(33)32(9-4-2)22(31)34)24-18(25-20)16-11-23-30(13-16)12-14-6-5-7-15(10-14)19-26-28-29-27-19/h5-7,10-11,13H,3-4,8-9,12H2,1-2H3,(H,24,25)(H,26,27,28,29). The molecular weight excluding hydrogens is 436 g/mol. The van der Waals surface area contributed by atoms with Crippen LogP contribution in [0.15, 0.2) is 46.2 Å². The Hall–Kier alpha value is -4.35. The number of hydrogen-bond donors (Lipinski definition) is 2. The highest BCUT2D eigenvalue weighted by Gasteiger charge is 2.18. The van der Waals surface area contributed by atoms with Gasteiger partial charge >= 0.3 is 5.69 Å². The number of rotatable bonds is 8. The number of imidazole rings is 1. The van der Waals surface area contributed by atoms with Gasteiger partial charge in [0, 0.05) is 24.8 Å². The van der Waals surface area contributed by atoms with E-state index in [2.05, 4.69) is 35.7 Å². The first-order valence-electron chi connectivity index (χ1n) is 11.2. The lowest BCUT2D eigenvalue weighted by Crippen LogP contribution is -2.40. The topological polar surface area (TPSA) is 145 Å². The summed E-state index contributed by atoms with van der Waals surface area (Å²) in [5.74, 6) is 1.09. The Morgan fingerprint density at radius 2 is 1.82 bits per heavy atom. The van der Waals surface area contributed by atoms with E-state index in [0.717, 1.165) is 23.1 Å². The van der Waals surface area contributed by atoms with E-state index in [1.807, 2.05) is 44.3 Å². The van der Waals surface area contributed by atoms with Gasteiger partial charge in [-0.15, -0.1) is 5.10 Å². The minimum absolute atomic E-state index is 0.322. The van der Waals surface area contributed by atoms with Crippen molar-refractivity contribution in [1.29, 1.82) is 0 Å². The van der Waals surface area contributed by atoms with Gasteiger partial charge in [-0.3, -0.25) is 18.6 Å². The Balaban J connectivity index is 1.49. The Bertz CT molecular complexity index is 1550. The lowest BCUT2D eigenvalue weighted by atomic mass is 10.1. The van der Waals surface area contributed by atoms with Crippen LogP contribution in [0.1, 0.15) is 32.3 Å². The van der Waals surface area contributed by atoms with Crippen molar-refractivity contribution < 1.29 is 0 Å². The molecule has 0 atom stereocenters. The molecule has 0 radical (unpaired) electrons. The minimum Gasteiger partial charge on any atom is -0.332 e. The average Bonchev–Trinajstić information content (AvgIpc) is 3.60. The zero-order valence-corrected chi connectivity index (χ0v) is 18.9. The number of nitrogens with one attached hydrogen (secondary N) is 2. The molecule has 0 aliphatic rings. The van der Waals surface area contributed by atoms with Crippen molar-refractivity contribution in [2.75, 3.05) is 0 Å². The second-order valence-corrected chi connectivity index (χ2v) is 8.05. The maximum absolute atomic E-state index is 13.0. The third kappa shape index (κ3) is 3.83. The van der Waals surface area contributed by atoms with Gasteiger partial charge in [-0.25, -0.2) is 14.9 Å². The Kier molecular flexibility index (Phi) is 5.62. The van der Waals surface area contributed by atoms with E-state index in [1.165, 1.54) is 4.57 Å². The lowest BCUT2D eigenvalue weighted by Gasteiger charge is -2.09. The van der Waals surface area contributed by atoms with Gasteiger partial charge < -0.3 is 4.98 Å². The van der Waals surface area contributed by atoms with Gasteiger partial charge in [0.15, 0.2) is 11.5 Å². The number of nitrogens with zero attached hydrogens (tertiary/aromatic N) is 8. The molecule has 174 valence electrons. The molecule has 0 fully saturated rings. The van der Waals surface area contributed by atoms with Crippen LogP contribution in [0, 0.1) is 0 Å². The summed E-state index contributed by atoms with van der Waals surface area (Å²) >= 11 is 0. The fourth-order valence-electron chi connectivity index (χ4n) is 4.01. The van der Waals surface area contributed by atoms with Crippen molar-refractivity contribution >= 4 is 11.2 Å². The van der Waals surface area contributed by atoms with E-state index in [1.54, 1.807) is 15.4 Å². The predicted molar refractivity (Wildman–Crippen MR) is 125 cm³/mol. The van der Waals surface area contributed by atoms with Gasteiger partial charge in [0.2, 0.25) is 0 Å². The second kappa shape index (κ2) is 8.89. The van der Waals surface area contributed by atoms with E-state index in [4.69, 9.17) is 0 Å². The summed E-state index contributed by atoms with van der Waals surface area (Å²) in [6, 6.07) is 7.85. The molecule has 0 saturated heterocycles. The fourth-order valence-corrected chi connectivity index (χ4v) is 4.01. The van der Waals surface area contributed by atoms with Crippen molar-refractivity contribution in [3.05, 3.63) is 63.1 Å². The van der Waals surface area contributed by atoms with Crippen molar-refractivity contribution in [2.45, 2.75) is 46.3 Å². The van der Waals surface area contributed by atoms with Crippen LogP contribution < -0.4 is 11.2 Å². The third-order valence-electron chi connectivity index (χ3n) is 5.55. The molecule has 1 aromatic carbocycles. The summed E-state index contributed by atoms with van der Waals surface area (Å²) in [5, 5.41) is 18.4. The smallest absolute Gasteiger partial charge is 0.332 e. The van der Waals surface area contributed by atoms with E-state index >= 15 is 0 Å². The summed E-state index contributed by atoms with van der Waals surface area (Å²) in [6.45, 7) is 5.30. The maximum atomic E-state index is 13.0. The highest BCUT2D eigenvalue weighted by molar-refractivity contribution is 5.75. The van der Waals surface area contributed by atoms with Crippen LogP contribution in [0.5, 0.6) is 0 Å². The highest BCUT2D eigenvalue weighted by Crippen LogP contribution is 2.20. The normalized spacial score (nSPS) is 11.5. The quantitative estimate of drug-likeness (QED) is 0.359. The fraction of sp³-hybridized carbons (Fsp3) is 0.318. The molecule has 0 saturated carbocycles. The van der Waals surface area contributed by atoms with Crippen molar-refractivity contribution in [3.8, 4) is 22.8 Å². The van der Waals surface area contributed by atoms with Crippen LogP contribution in [-0.4, -0.2) is 49.5 Å².